The van der Waals surface area contributed by atoms with E-state index in [1.54, 1.807) is 23.5 Å². The predicted octanol–water partition coefficient (Wildman–Crippen LogP) is 5.11. The maximum atomic E-state index is 12.6. The van der Waals surface area contributed by atoms with Gasteiger partial charge in [0, 0.05) is 43.3 Å². The summed E-state index contributed by atoms with van der Waals surface area (Å²) >= 11 is 13.9. The number of carbonyl (C=O) groups is 2. The van der Waals surface area contributed by atoms with E-state index < -0.39 is 0 Å². The molecule has 0 spiro atoms. The first kappa shape index (κ1) is 26.8. The highest BCUT2D eigenvalue weighted by Crippen LogP contribution is 2.25. The number of urea groups is 1. The van der Waals surface area contributed by atoms with Gasteiger partial charge in [0.25, 0.3) is 5.91 Å². The number of hydrogen-bond donors (Lipinski definition) is 2. The first-order valence-electron chi connectivity index (χ1n) is 11.4. The fourth-order valence-electron chi connectivity index (χ4n) is 4.39. The van der Waals surface area contributed by atoms with Crippen molar-refractivity contribution in [2.75, 3.05) is 26.7 Å². The smallest absolute Gasteiger partial charge is 0.341 e. The summed E-state index contributed by atoms with van der Waals surface area (Å²) in [5.41, 5.74) is 4.83. The Balaban J connectivity index is 1.48. The molecule has 1 aliphatic heterocycles. The van der Waals surface area contributed by atoms with Gasteiger partial charge in [-0.25, -0.2) is 10.3 Å². The molecule has 2 heterocycles. The van der Waals surface area contributed by atoms with Gasteiger partial charge in [-0.1, -0.05) is 23.2 Å². The molecule has 0 radical (unpaired) electrons. The van der Waals surface area contributed by atoms with Crippen LogP contribution in [0, 0.1) is 6.92 Å². The number of halogens is 2. The summed E-state index contributed by atoms with van der Waals surface area (Å²) in [5.74, 6) is -0.182. The van der Waals surface area contributed by atoms with Crippen LogP contribution in [0.3, 0.4) is 0 Å². The largest absolute Gasteiger partial charge is 0.352 e. The third-order valence-corrected chi connectivity index (χ3v) is 7.52. The van der Waals surface area contributed by atoms with E-state index in [2.05, 4.69) is 28.0 Å². The quantitative estimate of drug-likeness (QED) is 0.445. The molecular weight excluding hydrogens is 495 g/mol. The van der Waals surface area contributed by atoms with Gasteiger partial charge >= 0.3 is 6.03 Å². The fourth-order valence-corrected chi connectivity index (χ4v) is 5.73. The number of nitrogens with one attached hydrogen (secondary N) is 2. The molecule has 0 aliphatic carbocycles. The second kappa shape index (κ2) is 12.7. The molecule has 0 saturated carbocycles. The third-order valence-electron chi connectivity index (χ3n) is 6.27. The van der Waals surface area contributed by atoms with E-state index in [1.165, 1.54) is 7.11 Å². The van der Waals surface area contributed by atoms with Gasteiger partial charge in [-0.3, -0.25) is 9.63 Å². The molecule has 2 N–H and O–H groups in total. The van der Waals surface area contributed by atoms with Crippen LogP contribution < -0.4 is 10.8 Å². The average molecular weight is 528 g/mol. The average Bonchev–Trinajstić information content (AvgIpc) is 3.30. The van der Waals surface area contributed by atoms with Crippen molar-refractivity contribution in [2.45, 2.75) is 51.7 Å². The van der Waals surface area contributed by atoms with Gasteiger partial charge in [-0.05, 0) is 73.2 Å². The number of carbonyl (C=O) groups excluding carboxylic acids is 2. The van der Waals surface area contributed by atoms with Gasteiger partial charge < -0.3 is 15.1 Å². The second-order valence-electron chi connectivity index (χ2n) is 8.61. The lowest BCUT2D eigenvalue weighted by molar-refractivity contribution is 0.0565. The van der Waals surface area contributed by atoms with Gasteiger partial charge in [0.05, 0.1) is 17.7 Å². The van der Waals surface area contributed by atoms with E-state index in [9.17, 15) is 9.59 Å². The number of piperidine rings is 1. The third kappa shape index (κ3) is 7.09. The SMILES string of the molecule is CONC(=O)N(Cc1ccsc1)C1CCN([C@H](C)CCNC(=O)c2c(C)cc(Cl)cc2Cl)CC1. The Bertz CT molecular complexity index is 942. The molecule has 0 unspecified atom stereocenters. The normalized spacial score (nSPS) is 15.7. The summed E-state index contributed by atoms with van der Waals surface area (Å²) in [4.78, 5) is 34.4. The van der Waals surface area contributed by atoms with E-state index >= 15 is 0 Å². The Labute approximate surface area is 215 Å². The van der Waals surface area contributed by atoms with Crippen molar-refractivity contribution in [3.8, 4) is 0 Å². The summed E-state index contributed by atoms with van der Waals surface area (Å²) in [6.07, 6.45) is 2.60. The number of thiophene rings is 1. The zero-order valence-electron chi connectivity index (χ0n) is 19.8. The molecule has 1 fully saturated rings. The molecule has 1 aromatic heterocycles. The van der Waals surface area contributed by atoms with E-state index in [1.807, 2.05) is 23.3 Å². The number of nitrogens with zero attached hydrogens (tertiary/aromatic N) is 2. The Morgan fingerprint density at radius 2 is 2.03 bits per heavy atom. The van der Waals surface area contributed by atoms with Crippen molar-refractivity contribution >= 4 is 46.5 Å². The molecule has 7 nitrogen and oxygen atoms in total. The lowest BCUT2D eigenvalue weighted by atomic mass is 10.0. The van der Waals surface area contributed by atoms with Crippen molar-refractivity contribution in [3.63, 3.8) is 0 Å². The number of amides is 3. The first-order valence-corrected chi connectivity index (χ1v) is 13.1. The van der Waals surface area contributed by atoms with Gasteiger partial charge in [-0.2, -0.15) is 11.3 Å². The molecule has 3 amide bonds. The van der Waals surface area contributed by atoms with Gasteiger partial charge in [0.1, 0.15) is 0 Å². The molecule has 1 aliphatic rings. The van der Waals surface area contributed by atoms with Gasteiger partial charge in [0.15, 0.2) is 0 Å². The Kier molecular flexibility index (Phi) is 10.0. The van der Waals surface area contributed by atoms with Crippen LogP contribution in [0.1, 0.15) is 47.7 Å². The predicted molar refractivity (Wildman–Crippen MR) is 138 cm³/mol. The summed E-state index contributed by atoms with van der Waals surface area (Å²) in [5, 5.41) is 7.95. The minimum Gasteiger partial charge on any atom is -0.352 e. The van der Waals surface area contributed by atoms with Gasteiger partial charge in [0.2, 0.25) is 0 Å². The number of hydrogen-bond acceptors (Lipinski definition) is 5. The lowest BCUT2D eigenvalue weighted by Gasteiger charge is -2.40. The molecule has 186 valence electrons. The number of likely N-dealkylation sites (tertiary alicyclic amines) is 1. The maximum Gasteiger partial charge on any atom is 0.341 e. The molecule has 0 bridgehead atoms. The maximum absolute atomic E-state index is 12.6. The topological polar surface area (TPSA) is 73.9 Å². The summed E-state index contributed by atoms with van der Waals surface area (Å²) in [6.45, 7) is 6.91. The first-order chi connectivity index (χ1) is 16.3. The Morgan fingerprint density at radius 1 is 1.29 bits per heavy atom. The second-order valence-corrected chi connectivity index (χ2v) is 10.2. The number of hydroxylamine groups is 1. The zero-order valence-corrected chi connectivity index (χ0v) is 22.1. The summed E-state index contributed by atoms with van der Waals surface area (Å²) in [6, 6.07) is 5.62. The van der Waals surface area contributed by atoms with Crippen molar-refractivity contribution in [2.24, 2.45) is 0 Å². The number of rotatable bonds is 9. The Morgan fingerprint density at radius 3 is 2.65 bits per heavy atom. The van der Waals surface area contributed by atoms with Crippen LogP contribution in [0.2, 0.25) is 10.0 Å². The summed E-state index contributed by atoms with van der Waals surface area (Å²) in [7, 11) is 1.45. The van der Waals surface area contributed by atoms with E-state index in [4.69, 9.17) is 28.0 Å². The number of aryl methyl sites for hydroxylation is 1. The lowest BCUT2D eigenvalue weighted by Crippen LogP contribution is -2.51. The van der Waals surface area contributed by atoms with Crippen LogP contribution in [-0.2, 0) is 11.4 Å². The highest BCUT2D eigenvalue weighted by molar-refractivity contribution is 7.07. The monoisotopic (exact) mass is 526 g/mol. The standard InChI is InChI=1S/C24H32Cl2N4O3S/c1-16-12-19(25)13-21(26)22(16)23(31)27-8-4-17(2)29-9-5-20(6-10-29)30(24(32)28-33-3)14-18-7-11-34-15-18/h7,11-13,15,17,20H,4-6,8-10,14H2,1-3H3,(H,27,31)(H,28,32)/t17-/m1/s1. The zero-order chi connectivity index (χ0) is 24.7. The highest BCUT2D eigenvalue weighted by Gasteiger charge is 2.30. The molecule has 1 atom stereocenters. The van der Waals surface area contributed by atoms with Crippen molar-refractivity contribution < 1.29 is 14.4 Å². The number of benzene rings is 1. The molecule has 3 rings (SSSR count). The van der Waals surface area contributed by atoms with Crippen LogP contribution in [0.15, 0.2) is 29.0 Å². The van der Waals surface area contributed by atoms with Crippen LogP contribution in [0.4, 0.5) is 4.79 Å². The molecule has 1 saturated heterocycles. The van der Waals surface area contributed by atoms with Crippen molar-refractivity contribution in [3.05, 3.63) is 55.7 Å². The molecule has 10 heteroatoms. The van der Waals surface area contributed by atoms with E-state index in [-0.39, 0.29) is 18.0 Å². The van der Waals surface area contributed by atoms with Crippen LogP contribution >= 0.6 is 34.5 Å². The molecule has 34 heavy (non-hydrogen) atoms. The Hall–Kier alpha value is -1.84. The summed E-state index contributed by atoms with van der Waals surface area (Å²) < 4.78 is 0. The van der Waals surface area contributed by atoms with E-state index in [0.717, 1.165) is 43.5 Å². The highest BCUT2D eigenvalue weighted by atomic mass is 35.5. The van der Waals surface area contributed by atoms with Crippen LogP contribution in [0.25, 0.3) is 0 Å². The van der Waals surface area contributed by atoms with Crippen LogP contribution in [-0.4, -0.2) is 60.6 Å². The molecular formula is C24H32Cl2N4O3S. The molecule has 1 aromatic carbocycles. The fraction of sp³-hybridized carbons (Fsp3) is 0.500. The molecule has 2 aromatic rings. The van der Waals surface area contributed by atoms with E-state index in [0.29, 0.717) is 34.7 Å². The van der Waals surface area contributed by atoms with Crippen molar-refractivity contribution in [1.29, 1.82) is 0 Å². The minimum atomic E-state index is -0.209. The van der Waals surface area contributed by atoms with Crippen LogP contribution in [0.5, 0.6) is 0 Å². The van der Waals surface area contributed by atoms with Gasteiger partial charge in [-0.15, -0.1) is 0 Å². The minimum absolute atomic E-state index is 0.147. The van der Waals surface area contributed by atoms with Crippen molar-refractivity contribution in [1.82, 2.24) is 20.6 Å².